The van der Waals surface area contributed by atoms with Crippen LogP contribution in [-0.4, -0.2) is 17.6 Å². The maximum Gasteiger partial charge on any atom is 0.231 e. The molecule has 2 aromatic carbocycles. The van der Waals surface area contributed by atoms with E-state index in [0.29, 0.717) is 18.7 Å². The molecule has 1 amide bonds. The Morgan fingerprint density at radius 1 is 1.20 bits per heavy atom. The molecule has 0 aliphatic heterocycles. The number of benzene rings is 2. The molecule has 0 saturated carbocycles. The molecule has 0 bridgehead atoms. The molecule has 2 aromatic rings. The highest BCUT2D eigenvalue weighted by molar-refractivity contribution is 9.10. The number of hydrogen-bond acceptors (Lipinski definition) is 2. The van der Waals surface area contributed by atoms with Crippen molar-refractivity contribution in [1.29, 1.82) is 0 Å². The zero-order valence-electron chi connectivity index (χ0n) is 11.2. The first-order chi connectivity index (χ1) is 9.60. The topological polar surface area (TPSA) is 40.5 Å². The van der Waals surface area contributed by atoms with Gasteiger partial charge in [-0.15, -0.1) is 0 Å². The quantitative estimate of drug-likeness (QED) is 0.925. The highest BCUT2D eigenvalue weighted by atomic mass is 79.9. The third-order valence-electron chi connectivity index (χ3n) is 3.00. The van der Waals surface area contributed by atoms with Gasteiger partial charge >= 0.3 is 0 Å². The molecule has 3 nitrogen and oxygen atoms in total. The first kappa shape index (κ1) is 14.6. The van der Waals surface area contributed by atoms with Crippen LogP contribution < -0.4 is 4.90 Å². The summed E-state index contributed by atoms with van der Waals surface area (Å²) in [6.45, 7) is 2.49. The molecular weight excluding hydrogens is 318 g/mol. The van der Waals surface area contributed by atoms with Gasteiger partial charge in [-0.25, -0.2) is 0 Å². The minimum atomic E-state index is 0.0104. The van der Waals surface area contributed by atoms with Gasteiger partial charge in [0.15, 0.2) is 0 Å². The van der Waals surface area contributed by atoms with Gasteiger partial charge in [0.25, 0.3) is 0 Å². The molecule has 2 rings (SSSR count). The zero-order chi connectivity index (χ0) is 14.5. The predicted molar refractivity (Wildman–Crippen MR) is 84.0 cm³/mol. The van der Waals surface area contributed by atoms with Crippen LogP contribution in [0.1, 0.15) is 12.5 Å². The Morgan fingerprint density at radius 2 is 1.95 bits per heavy atom. The number of amides is 1. The maximum atomic E-state index is 12.4. The Labute approximate surface area is 127 Å². The number of aromatic hydroxyl groups is 1. The largest absolute Gasteiger partial charge is 0.508 e. The van der Waals surface area contributed by atoms with Crippen molar-refractivity contribution < 1.29 is 9.90 Å². The maximum absolute atomic E-state index is 12.4. The van der Waals surface area contributed by atoms with Crippen molar-refractivity contribution in [2.45, 2.75) is 13.3 Å². The van der Waals surface area contributed by atoms with Gasteiger partial charge in [-0.05, 0) is 36.8 Å². The minimum absolute atomic E-state index is 0.0104. The highest BCUT2D eigenvalue weighted by Gasteiger charge is 2.14. The van der Waals surface area contributed by atoms with Crippen LogP contribution in [-0.2, 0) is 11.2 Å². The molecule has 4 heteroatoms. The number of rotatable bonds is 4. The van der Waals surface area contributed by atoms with Crippen LogP contribution >= 0.6 is 15.9 Å². The van der Waals surface area contributed by atoms with Crippen molar-refractivity contribution in [2.24, 2.45) is 0 Å². The van der Waals surface area contributed by atoms with Crippen molar-refractivity contribution in [3.8, 4) is 5.75 Å². The summed E-state index contributed by atoms with van der Waals surface area (Å²) in [5.74, 6) is 0.174. The Hall–Kier alpha value is -1.81. The lowest BCUT2D eigenvalue weighted by molar-refractivity contribution is -0.117. The third kappa shape index (κ3) is 3.61. The molecule has 0 aliphatic carbocycles. The summed E-state index contributed by atoms with van der Waals surface area (Å²) in [5.41, 5.74) is 1.68. The lowest BCUT2D eigenvalue weighted by Gasteiger charge is -2.21. The number of phenols is 1. The monoisotopic (exact) mass is 333 g/mol. The Bertz CT molecular complexity index is 613. The molecule has 0 aliphatic rings. The van der Waals surface area contributed by atoms with E-state index in [1.807, 2.05) is 37.3 Å². The fourth-order valence-corrected chi connectivity index (χ4v) is 2.53. The fourth-order valence-electron chi connectivity index (χ4n) is 2.08. The molecule has 0 spiro atoms. The summed E-state index contributed by atoms with van der Waals surface area (Å²) in [5, 5.41) is 9.52. The van der Waals surface area contributed by atoms with E-state index in [0.717, 1.165) is 10.0 Å². The molecule has 0 fully saturated rings. The van der Waals surface area contributed by atoms with Gasteiger partial charge in [0, 0.05) is 22.8 Å². The van der Waals surface area contributed by atoms with E-state index in [-0.39, 0.29) is 11.7 Å². The van der Waals surface area contributed by atoms with Crippen molar-refractivity contribution in [1.82, 2.24) is 0 Å². The normalized spacial score (nSPS) is 10.3. The molecule has 20 heavy (non-hydrogen) atoms. The lowest BCUT2D eigenvalue weighted by atomic mass is 10.1. The predicted octanol–water partition coefficient (Wildman–Crippen LogP) is 3.75. The van der Waals surface area contributed by atoms with Crippen LogP contribution in [0.2, 0.25) is 0 Å². The van der Waals surface area contributed by atoms with Crippen molar-refractivity contribution >= 4 is 27.5 Å². The third-order valence-corrected chi connectivity index (χ3v) is 3.50. The molecule has 0 radical (unpaired) electrons. The van der Waals surface area contributed by atoms with Gasteiger partial charge in [0.1, 0.15) is 5.75 Å². The second-order valence-electron chi connectivity index (χ2n) is 4.46. The van der Waals surface area contributed by atoms with E-state index < -0.39 is 0 Å². The zero-order valence-corrected chi connectivity index (χ0v) is 12.8. The van der Waals surface area contributed by atoms with Crippen LogP contribution in [0.15, 0.2) is 53.0 Å². The van der Waals surface area contributed by atoms with E-state index in [4.69, 9.17) is 0 Å². The lowest BCUT2D eigenvalue weighted by Crippen LogP contribution is -2.31. The minimum Gasteiger partial charge on any atom is -0.508 e. The number of carbonyl (C=O) groups is 1. The van der Waals surface area contributed by atoms with E-state index in [2.05, 4.69) is 15.9 Å². The molecule has 0 atom stereocenters. The summed E-state index contributed by atoms with van der Waals surface area (Å²) in [6.07, 6.45) is 0.336. The van der Waals surface area contributed by atoms with Crippen LogP contribution in [0, 0.1) is 0 Å². The molecule has 0 saturated heterocycles. The van der Waals surface area contributed by atoms with Crippen molar-refractivity contribution in [3.05, 3.63) is 58.6 Å². The summed E-state index contributed by atoms with van der Waals surface area (Å²) in [6, 6.07) is 14.5. The van der Waals surface area contributed by atoms with Crippen LogP contribution in [0.4, 0.5) is 5.69 Å². The first-order valence-electron chi connectivity index (χ1n) is 6.44. The van der Waals surface area contributed by atoms with Crippen LogP contribution in [0.25, 0.3) is 0 Å². The molecule has 0 aromatic heterocycles. The Morgan fingerprint density at radius 3 is 2.60 bits per heavy atom. The number of halogens is 1. The number of anilines is 1. The Balaban J connectivity index is 2.17. The summed E-state index contributed by atoms with van der Waals surface area (Å²) < 4.78 is 0.961. The molecule has 1 N–H and O–H groups in total. The van der Waals surface area contributed by atoms with Crippen molar-refractivity contribution in [3.63, 3.8) is 0 Å². The van der Waals surface area contributed by atoms with E-state index in [1.165, 1.54) is 0 Å². The second kappa shape index (κ2) is 6.57. The van der Waals surface area contributed by atoms with E-state index in [1.54, 1.807) is 23.1 Å². The van der Waals surface area contributed by atoms with Gasteiger partial charge in [-0.3, -0.25) is 4.79 Å². The summed E-state index contributed by atoms with van der Waals surface area (Å²) >= 11 is 3.40. The number of hydrogen-bond donors (Lipinski definition) is 1. The summed E-state index contributed by atoms with van der Waals surface area (Å²) in [7, 11) is 0. The fraction of sp³-hybridized carbons (Fsp3) is 0.188. The number of nitrogens with zero attached hydrogens (tertiary/aromatic N) is 1. The average molecular weight is 334 g/mol. The molecule has 0 heterocycles. The Kier molecular flexibility index (Phi) is 4.79. The van der Waals surface area contributed by atoms with Gasteiger partial charge in [-0.1, -0.05) is 34.1 Å². The SMILES string of the molecule is CCN(C(=O)Cc1cccc(Br)c1)c1cccc(O)c1. The van der Waals surface area contributed by atoms with Gasteiger partial charge in [-0.2, -0.15) is 0 Å². The van der Waals surface area contributed by atoms with E-state index in [9.17, 15) is 9.90 Å². The number of likely N-dealkylation sites (N-methyl/N-ethyl adjacent to an activating group) is 1. The van der Waals surface area contributed by atoms with Crippen LogP contribution in [0.3, 0.4) is 0 Å². The molecule has 0 unspecified atom stereocenters. The van der Waals surface area contributed by atoms with Gasteiger partial charge in [0.05, 0.1) is 6.42 Å². The molecule has 104 valence electrons. The summed E-state index contributed by atoms with van der Waals surface area (Å²) in [4.78, 5) is 14.1. The smallest absolute Gasteiger partial charge is 0.231 e. The van der Waals surface area contributed by atoms with Crippen molar-refractivity contribution in [2.75, 3.05) is 11.4 Å². The highest BCUT2D eigenvalue weighted by Crippen LogP contribution is 2.21. The standard InChI is InChI=1S/C16H16BrNO2/c1-2-18(14-7-4-8-15(19)11-14)16(20)10-12-5-3-6-13(17)9-12/h3-9,11,19H,2,10H2,1H3. The van der Waals surface area contributed by atoms with Gasteiger partial charge < -0.3 is 10.0 Å². The van der Waals surface area contributed by atoms with Gasteiger partial charge in [0.2, 0.25) is 5.91 Å². The van der Waals surface area contributed by atoms with E-state index >= 15 is 0 Å². The first-order valence-corrected chi connectivity index (χ1v) is 7.23. The second-order valence-corrected chi connectivity index (χ2v) is 5.38. The number of phenolic OH excluding ortho intramolecular Hbond substituents is 1. The number of carbonyl (C=O) groups excluding carboxylic acids is 1. The molecular formula is C16H16BrNO2. The average Bonchev–Trinajstić information content (AvgIpc) is 2.39. The van der Waals surface area contributed by atoms with Crippen LogP contribution in [0.5, 0.6) is 5.75 Å².